The minimum Gasteiger partial charge on any atom is -0.497 e. The molecule has 0 aliphatic rings. The second-order valence-electron chi connectivity index (χ2n) is 6.16. The van der Waals surface area contributed by atoms with Gasteiger partial charge in [-0.05, 0) is 35.0 Å². The Hall–Kier alpha value is -3.60. The van der Waals surface area contributed by atoms with Gasteiger partial charge in [0.2, 0.25) is 0 Å². The van der Waals surface area contributed by atoms with E-state index in [0.717, 1.165) is 10.9 Å². The lowest BCUT2D eigenvalue weighted by Gasteiger charge is -2.05. The number of nitrogens with zero attached hydrogens (tertiary/aromatic N) is 1. The molecule has 27 heavy (non-hydrogen) atoms. The molecule has 134 valence electrons. The van der Waals surface area contributed by atoms with Gasteiger partial charge in [0.05, 0.1) is 13.7 Å². The van der Waals surface area contributed by atoms with Gasteiger partial charge in [0.1, 0.15) is 11.4 Å². The molecule has 1 aromatic heterocycles. The van der Waals surface area contributed by atoms with Crippen molar-refractivity contribution in [1.82, 2.24) is 10.5 Å². The Labute approximate surface area is 156 Å². The molecule has 1 amide bonds. The molecule has 0 radical (unpaired) electrons. The first kappa shape index (κ1) is 16.8. The SMILES string of the molecule is COc1cccc(C(=O)NCc2cc(-c3ccc4ccccc4c3)on2)c1. The number of nitrogens with one attached hydrogen (secondary N) is 1. The molecule has 1 heterocycles. The first-order valence-electron chi connectivity index (χ1n) is 8.60. The Kier molecular flexibility index (Phi) is 4.58. The van der Waals surface area contributed by atoms with E-state index in [2.05, 4.69) is 34.7 Å². The number of ether oxygens (including phenoxy) is 1. The fourth-order valence-electron chi connectivity index (χ4n) is 2.91. The average Bonchev–Trinajstić information content (AvgIpc) is 3.20. The standard InChI is InChI=1S/C22H18N2O3/c1-26-20-8-4-7-18(12-20)22(25)23-14-19-13-21(27-24-19)17-10-9-15-5-2-3-6-16(15)11-17/h2-13H,14H2,1H3,(H,23,25). The Bertz CT molecular complexity index is 1100. The maximum atomic E-state index is 12.3. The summed E-state index contributed by atoms with van der Waals surface area (Å²) in [6, 6.07) is 23.1. The highest BCUT2D eigenvalue weighted by molar-refractivity contribution is 5.94. The van der Waals surface area contributed by atoms with Gasteiger partial charge < -0.3 is 14.6 Å². The van der Waals surface area contributed by atoms with E-state index in [1.807, 2.05) is 24.3 Å². The van der Waals surface area contributed by atoms with Crippen molar-refractivity contribution in [3.8, 4) is 17.1 Å². The molecule has 0 spiro atoms. The summed E-state index contributed by atoms with van der Waals surface area (Å²) < 4.78 is 10.6. The molecule has 4 aromatic rings. The lowest BCUT2D eigenvalue weighted by Crippen LogP contribution is -2.22. The molecule has 0 aliphatic heterocycles. The van der Waals surface area contributed by atoms with Crippen molar-refractivity contribution in [1.29, 1.82) is 0 Å². The molecule has 3 aromatic carbocycles. The highest BCUT2D eigenvalue weighted by Crippen LogP contribution is 2.25. The zero-order chi connectivity index (χ0) is 18.6. The Balaban J connectivity index is 1.46. The third kappa shape index (κ3) is 3.67. The summed E-state index contributed by atoms with van der Waals surface area (Å²) in [7, 11) is 1.57. The number of hydrogen-bond acceptors (Lipinski definition) is 4. The van der Waals surface area contributed by atoms with Gasteiger partial charge in [-0.1, -0.05) is 47.6 Å². The van der Waals surface area contributed by atoms with Crippen LogP contribution in [0.4, 0.5) is 0 Å². The van der Waals surface area contributed by atoms with Crippen LogP contribution in [0.25, 0.3) is 22.1 Å². The highest BCUT2D eigenvalue weighted by atomic mass is 16.5. The molecule has 0 bridgehead atoms. The van der Waals surface area contributed by atoms with Gasteiger partial charge in [-0.25, -0.2) is 0 Å². The van der Waals surface area contributed by atoms with Crippen LogP contribution in [0, 0.1) is 0 Å². The van der Waals surface area contributed by atoms with Crippen LogP contribution in [0.5, 0.6) is 5.75 Å². The molecule has 0 saturated carbocycles. The largest absolute Gasteiger partial charge is 0.497 e. The van der Waals surface area contributed by atoms with Crippen molar-refractivity contribution in [3.05, 3.63) is 84.1 Å². The van der Waals surface area contributed by atoms with Crippen LogP contribution in [-0.4, -0.2) is 18.2 Å². The smallest absolute Gasteiger partial charge is 0.251 e. The second kappa shape index (κ2) is 7.33. The van der Waals surface area contributed by atoms with Crippen molar-refractivity contribution in [3.63, 3.8) is 0 Å². The van der Waals surface area contributed by atoms with E-state index in [4.69, 9.17) is 9.26 Å². The highest BCUT2D eigenvalue weighted by Gasteiger charge is 2.10. The van der Waals surface area contributed by atoms with Crippen LogP contribution in [-0.2, 0) is 6.54 Å². The first-order chi connectivity index (χ1) is 13.2. The van der Waals surface area contributed by atoms with E-state index in [1.54, 1.807) is 31.4 Å². The summed E-state index contributed by atoms with van der Waals surface area (Å²) in [6.07, 6.45) is 0. The van der Waals surface area contributed by atoms with Gasteiger partial charge in [0.15, 0.2) is 5.76 Å². The van der Waals surface area contributed by atoms with Gasteiger partial charge >= 0.3 is 0 Å². The summed E-state index contributed by atoms with van der Waals surface area (Å²) in [5, 5.41) is 9.21. The lowest BCUT2D eigenvalue weighted by atomic mass is 10.1. The van der Waals surface area contributed by atoms with Crippen LogP contribution in [0.1, 0.15) is 16.1 Å². The first-order valence-corrected chi connectivity index (χ1v) is 8.60. The number of rotatable bonds is 5. The number of methoxy groups -OCH3 is 1. The van der Waals surface area contributed by atoms with Crippen LogP contribution < -0.4 is 10.1 Å². The van der Waals surface area contributed by atoms with Gasteiger partial charge in [-0.3, -0.25) is 4.79 Å². The predicted molar refractivity (Wildman–Crippen MR) is 104 cm³/mol. The molecule has 0 fully saturated rings. The fourth-order valence-corrected chi connectivity index (χ4v) is 2.91. The van der Waals surface area contributed by atoms with E-state index in [0.29, 0.717) is 22.8 Å². The van der Waals surface area contributed by atoms with Crippen molar-refractivity contribution >= 4 is 16.7 Å². The van der Waals surface area contributed by atoms with E-state index in [1.165, 1.54) is 5.39 Å². The van der Waals surface area contributed by atoms with Crippen molar-refractivity contribution in [2.45, 2.75) is 6.54 Å². The second-order valence-corrected chi connectivity index (χ2v) is 6.16. The van der Waals surface area contributed by atoms with Crippen molar-refractivity contribution in [2.24, 2.45) is 0 Å². The topological polar surface area (TPSA) is 64.4 Å². The fraction of sp³-hybridized carbons (Fsp3) is 0.0909. The molecular formula is C22H18N2O3. The molecule has 0 saturated heterocycles. The number of benzene rings is 3. The molecule has 4 rings (SSSR count). The monoisotopic (exact) mass is 358 g/mol. The van der Waals surface area contributed by atoms with Crippen molar-refractivity contribution < 1.29 is 14.1 Å². The van der Waals surface area contributed by atoms with Crippen LogP contribution in [0.15, 0.2) is 77.3 Å². The molecule has 1 N–H and O–H groups in total. The summed E-state index contributed by atoms with van der Waals surface area (Å²) in [4.78, 5) is 12.3. The van der Waals surface area contributed by atoms with E-state index in [9.17, 15) is 4.79 Å². The number of hydrogen-bond donors (Lipinski definition) is 1. The third-order valence-corrected chi connectivity index (χ3v) is 4.35. The van der Waals surface area contributed by atoms with E-state index < -0.39 is 0 Å². The lowest BCUT2D eigenvalue weighted by molar-refractivity contribution is 0.0949. The molecule has 0 unspecified atom stereocenters. The zero-order valence-electron chi connectivity index (χ0n) is 14.8. The number of amides is 1. The maximum absolute atomic E-state index is 12.3. The average molecular weight is 358 g/mol. The minimum atomic E-state index is -0.191. The quantitative estimate of drug-likeness (QED) is 0.573. The van der Waals surface area contributed by atoms with Crippen molar-refractivity contribution in [2.75, 3.05) is 7.11 Å². The Morgan fingerprint density at radius 2 is 1.85 bits per heavy atom. The number of carbonyl (C=O) groups excluding carboxylic acids is 1. The van der Waals surface area contributed by atoms with E-state index in [-0.39, 0.29) is 12.5 Å². The summed E-state index contributed by atoms with van der Waals surface area (Å²) in [5.74, 6) is 1.12. The predicted octanol–water partition coefficient (Wildman–Crippen LogP) is 4.43. The van der Waals surface area contributed by atoms with Gasteiger partial charge in [-0.2, -0.15) is 0 Å². The maximum Gasteiger partial charge on any atom is 0.251 e. The summed E-state index contributed by atoms with van der Waals surface area (Å²) in [6.45, 7) is 0.285. The number of aromatic nitrogens is 1. The molecule has 5 nitrogen and oxygen atoms in total. The molecular weight excluding hydrogens is 340 g/mol. The van der Waals surface area contributed by atoms with E-state index >= 15 is 0 Å². The van der Waals surface area contributed by atoms with Gasteiger partial charge in [0, 0.05) is 17.2 Å². The molecule has 0 atom stereocenters. The Morgan fingerprint density at radius 3 is 2.70 bits per heavy atom. The normalized spacial score (nSPS) is 10.7. The molecule has 5 heteroatoms. The van der Waals surface area contributed by atoms with Gasteiger partial charge in [0.25, 0.3) is 5.91 Å². The summed E-state index contributed by atoms with van der Waals surface area (Å²) >= 11 is 0. The number of carbonyl (C=O) groups is 1. The Morgan fingerprint density at radius 1 is 1.00 bits per heavy atom. The summed E-state index contributed by atoms with van der Waals surface area (Å²) in [5.41, 5.74) is 2.15. The van der Waals surface area contributed by atoms with Crippen LogP contribution >= 0.6 is 0 Å². The number of fused-ring (bicyclic) bond motifs is 1. The zero-order valence-corrected chi connectivity index (χ0v) is 14.8. The van der Waals surface area contributed by atoms with Crippen LogP contribution in [0.2, 0.25) is 0 Å². The molecule has 0 aliphatic carbocycles. The minimum absolute atomic E-state index is 0.191. The third-order valence-electron chi connectivity index (χ3n) is 4.35. The van der Waals surface area contributed by atoms with Gasteiger partial charge in [-0.15, -0.1) is 0 Å². The van der Waals surface area contributed by atoms with Crippen LogP contribution in [0.3, 0.4) is 0 Å².